The van der Waals surface area contributed by atoms with Crippen LogP contribution in [0.3, 0.4) is 0 Å². The minimum absolute atomic E-state index is 0.231. The van der Waals surface area contributed by atoms with Gasteiger partial charge in [-0.3, -0.25) is 4.90 Å². The van der Waals surface area contributed by atoms with Gasteiger partial charge in [-0.15, -0.1) is 0 Å². The van der Waals surface area contributed by atoms with E-state index in [4.69, 9.17) is 10.5 Å². The van der Waals surface area contributed by atoms with Gasteiger partial charge in [-0.2, -0.15) is 0 Å². The maximum atomic E-state index is 6.24. The molecule has 1 unspecified atom stereocenters. The van der Waals surface area contributed by atoms with E-state index in [1.54, 1.807) is 0 Å². The van der Waals surface area contributed by atoms with Gasteiger partial charge in [0.1, 0.15) is 5.60 Å². The Morgan fingerprint density at radius 2 is 2.18 bits per heavy atom. The number of likely N-dealkylation sites (tertiary alicyclic amines) is 1. The summed E-state index contributed by atoms with van der Waals surface area (Å²) in [5.74, 6) is 0.488. The molecule has 4 nitrogen and oxygen atoms in total. The van der Waals surface area contributed by atoms with Crippen molar-refractivity contribution in [2.24, 2.45) is 18.7 Å². The molecular weight excluding hydrogens is 274 g/mol. The highest BCUT2D eigenvalue weighted by molar-refractivity contribution is 5.89. The number of rotatable bonds is 2. The first-order valence-electron chi connectivity index (χ1n) is 8.13. The molecule has 1 aromatic carbocycles. The van der Waals surface area contributed by atoms with E-state index in [-0.39, 0.29) is 5.60 Å². The van der Waals surface area contributed by atoms with Gasteiger partial charge >= 0.3 is 0 Å². The summed E-state index contributed by atoms with van der Waals surface area (Å²) in [5, 5.41) is 1.40. The third-order valence-electron chi connectivity index (χ3n) is 5.87. The van der Waals surface area contributed by atoms with Crippen LogP contribution in [-0.4, -0.2) is 42.8 Å². The first kappa shape index (κ1) is 14.2. The van der Waals surface area contributed by atoms with Crippen molar-refractivity contribution in [3.63, 3.8) is 0 Å². The zero-order valence-electron chi connectivity index (χ0n) is 13.7. The molecule has 0 amide bonds. The molecule has 2 aromatic rings. The largest absolute Gasteiger partial charge is 0.372 e. The maximum absolute atomic E-state index is 6.24. The van der Waals surface area contributed by atoms with Crippen molar-refractivity contribution < 1.29 is 4.74 Å². The van der Waals surface area contributed by atoms with E-state index in [9.17, 15) is 0 Å². The number of piperidine rings is 1. The van der Waals surface area contributed by atoms with Crippen LogP contribution in [0.5, 0.6) is 0 Å². The molecule has 0 spiro atoms. The van der Waals surface area contributed by atoms with Crippen LogP contribution in [0.15, 0.2) is 24.4 Å². The van der Waals surface area contributed by atoms with Gasteiger partial charge in [0.05, 0.1) is 0 Å². The van der Waals surface area contributed by atoms with E-state index in [0.717, 1.165) is 25.9 Å². The van der Waals surface area contributed by atoms with E-state index in [2.05, 4.69) is 48.0 Å². The van der Waals surface area contributed by atoms with Gasteiger partial charge in [0, 0.05) is 43.8 Å². The molecule has 4 heteroatoms. The van der Waals surface area contributed by atoms with Crippen molar-refractivity contribution in [1.29, 1.82) is 0 Å². The second-order valence-electron chi connectivity index (χ2n) is 7.02. The standard InChI is InChI=1S/C18H25N3O/c1-20-11-13-7-16-18(22-3,8-12(9-19)10-21(16)2)14-5-4-6-15(20)17(13)14/h4-6,11-12,16H,7-10,19H2,1-3H3/t12-,16+,18?/m0/s1. The smallest absolute Gasteiger partial charge is 0.109 e. The highest BCUT2D eigenvalue weighted by Gasteiger charge is 2.51. The van der Waals surface area contributed by atoms with Crippen LogP contribution >= 0.6 is 0 Å². The van der Waals surface area contributed by atoms with E-state index in [1.165, 1.54) is 22.0 Å². The second-order valence-corrected chi connectivity index (χ2v) is 7.02. The number of nitrogens with zero attached hydrogens (tertiary/aromatic N) is 2. The van der Waals surface area contributed by atoms with Crippen LogP contribution in [0.1, 0.15) is 17.5 Å². The number of benzene rings is 1. The van der Waals surface area contributed by atoms with E-state index in [0.29, 0.717) is 12.0 Å². The second kappa shape index (κ2) is 4.82. The lowest BCUT2D eigenvalue weighted by atomic mass is 9.68. The average Bonchev–Trinajstić information content (AvgIpc) is 2.86. The first-order valence-corrected chi connectivity index (χ1v) is 8.13. The molecule has 0 radical (unpaired) electrons. The lowest BCUT2D eigenvalue weighted by molar-refractivity contribution is -0.124. The molecule has 1 saturated heterocycles. The summed E-state index contributed by atoms with van der Waals surface area (Å²) in [5.41, 5.74) is 9.88. The van der Waals surface area contributed by atoms with Gasteiger partial charge in [0.15, 0.2) is 0 Å². The quantitative estimate of drug-likeness (QED) is 0.920. The molecule has 22 heavy (non-hydrogen) atoms. The molecule has 0 saturated carbocycles. The van der Waals surface area contributed by atoms with Crippen LogP contribution in [0.2, 0.25) is 0 Å². The predicted molar refractivity (Wildman–Crippen MR) is 88.9 cm³/mol. The Bertz CT molecular complexity index is 722. The van der Waals surface area contributed by atoms with E-state index in [1.807, 2.05) is 7.11 Å². The number of likely N-dealkylation sites (N-methyl/N-ethyl adjacent to an activating group) is 1. The fraction of sp³-hybridized carbons (Fsp3) is 0.556. The zero-order valence-corrected chi connectivity index (χ0v) is 13.7. The lowest BCUT2D eigenvalue weighted by Crippen LogP contribution is -2.60. The average molecular weight is 299 g/mol. The summed E-state index contributed by atoms with van der Waals surface area (Å²) >= 11 is 0. The minimum Gasteiger partial charge on any atom is -0.372 e. The van der Waals surface area contributed by atoms with Gasteiger partial charge < -0.3 is 15.0 Å². The zero-order chi connectivity index (χ0) is 15.5. The highest BCUT2D eigenvalue weighted by Crippen LogP contribution is 2.49. The summed E-state index contributed by atoms with van der Waals surface area (Å²) in [6.45, 7) is 1.78. The normalized spacial score (nSPS) is 31.5. The molecule has 3 atom stereocenters. The minimum atomic E-state index is -0.231. The number of nitrogens with two attached hydrogens (primary N) is 1. The van der Waals surface area contributed by atoms with Crippen molar-refractivity contribution in [3.05, 3.63) is 35.5 Å². The fourth-order valence-corrected chi connectivity index (χ4v) is 4.87. The topological polar surface area (TPSA) is 43.4 Å². The number of methoxy groups -OCH3 is 1. The molecule has 1 aromatic heterocycles. The number of fused-ring (bicyclic) bond motifs is 2. The molecule has 0 bridgehead atoms. The Kier molecular flexibility index (Phi) is 3.12. The van der Waals surface area contributed by atoms with Crippen molar-refractivity contribution in [2.45, 2.75) is 24.5 Å². The number of hydrogen-bond donors (Lipinski definition) is 1. The van der Waals surface area contributed by atoms with Crippen LogP contribution < -0.4 is 5.73 Å². The monoisotopic (exact) mass is 299 g/mol. The van der Waals surface area contributed by atoms with Gasteiger partial charge in [-0.25, -0.2) is 0 Å². The Hall–Kier alpha value is -1.36. The molecule has 2 heterocycles. The van der Waals surface area contributed by atoms with Crippen molar-refractivity contribution >= 4 is 10.9 Å². The van der Waals surface area contributed by atoms with Crippen LogP contribution in [0.4, 0.5) is 0 Å². The van der Waals surface area contributed by atoms with Crippen LogP contribution in [0, 0.1) is 5.92 Å². The Labute approximate surface area is 131 Å². The third kappa shape index (κ3) is 1.69. The van der Waals surface area contributed by atoms with Gasteiger partial charge in [0.25, 0.3) is 0 Å². The molecule has 118 valence electrons. The summed E-state index contributed by atoms with van der Waals surface area (Å²) in [6, 6.07) is 7.02. The summed E-state index contributed by atoms with van der Waals surface area (Å²) < 4.78 is 8.48. The molecular formula is C18H25N3O. The Morgan fingerprint density at radius 3 is 2.91 bits per heavy atom. The van der Waals surface area contributed by atoms with Crippen molar-refractivity contribution in [2.75, 3.05) is 27.2 Å². The van der Waals surface area contributed by atoms with Gasteiger partial charge in [-0.1, -0.05) is 12.1 Å². The fourth-order valence-electron chi connectivity index (χ4n) is 4.87. The van der Waals surface area contributed by atoms with Crippen molar-refractivity contribution in [3.8, 4) is 0 Å². The molecule has 1 aliphatic carbocycles. The van der Waals surface area contributed by atoms with Gasteiger partial charge in [-0.05, 0) is 49.5 Å². The van der Waals surface area contributed by atoms with Crippen LogP contribution in [-0.2, 0) is 23.8 Å². The Balaban J connectivity index is 1.98. The summed E-state index contributed by atoms with van der Waals surface area (Å²) in [4.78, 5) is 2.46. The molecule has 4 rings (SSSR count). The SMILES string of the molecule is COC12C[C@@H](CN)CN(C)[C@@H]1Cc1cn(C)c3cccc2c13. The Morgan fingerprint density at radius 1 is 1.36 bits per heavy atom. The molecule has 2 N–H and O–H groups in total. The summed E-state index contributed by atoms with van der Waals surface area (Å²) in [6.07, 6.45) is 4.36. The predicted octanol–water partition coefficient (Wildman–Crippen LogP) is 1.86. The maximum Gasteiger partial charge on any atom is 0.109 e. The van der Waals surface area contributed by atoms with E-state index >= 15 is 0 Å². The van der Waals surface area contributed by atoms with Crippen LogP contribution in [0.25, 0.3) is 10.9 Å². The molecule has 1 fully saturated rings. The highest BCUT2D eigenvalue weighted by atomic mass is 16.5. The van der Waals surface area contributed by atoms with Crippen molar-refractivity contribution in [1.82, 2.24) is 9.47 Å². The molecule has 1 aliphatic heterocycles. The number of ether oxygens (including phenoxy) is 1. The van der Waals surface area contributed by atoms with Gasteiger partial charge in [0.2, 0.25) is 0 Å². The number of aryl methyl sites for hydroxylation is 1. The number of hydrogen-bond acceptors (Lipinski definition) is 3. The summed E-state index contributed by atoms with van der Waals surface area (Å²) in [7, 11) is 6.22. The number of aromatic nitrogens is 1. The molecule has 2 aliphatic rings. The lowest BCUT2D eigenvalue weighted by Gasteiger charge is -2.53. The third-order valence-corrected chi connectivity index (χ3v) is 5.87. The first-order chi connectivity index (χ1) is 10.6. The van der Waals surface area contributed by atoms with E-state index < -0.39 is 0 Å².